The number of nitrogens with one attached hydrogen (secondary N) is 1. The van der Waals surface area contributed by atoms with Crippen molar-refractivity contribution in [1.82, 2.24) is 0 Å². The largest absolute Gasteiger partial charge is 0.506 e. The van der Waals surface area contributed by atoms with E-state index in [-0.39, 0.29) is 24.7 Å². The van der Waals surface area contributed by atoms with Gasteiger partial charge in [0.05, 0.1) is 5.69 Å². The Kier molecular flexibility index (Phi) is 4.69. The maximum atomic E-state index is 10.1. The van der Waals surface area contributed by atoms with Gasteiger partial charge in [0.2, 0.25) is 0 Å². The van der Waals surface area contributed by atoms with E-state index in [1.54, 1.807) is 18.2 Å². The minimum atomic E-state index is -0.960. The molecule has 4 nitrogen and oxygen atoms in total. The summed E-state index contributed by atoms with van der Waals surface area (Å²) in [5.74, 6) is -0.906. The Morgan fingerprint density at radius 3 is 2.54 bits per heavy atom. The second-order valence-corrected chi connectivity index (χ2v) is 2.26. The Morgan fingerprint density at radius 2 is 2.00 bits per heavy atom. The molecular weight excluding hydrogens is 194 g/mol. The third-order valence-corrected chi connectivity index (χ3v) is 1.33. The summed E-state index contributed by atoms with van der Waals surface area (Å²) < 4.78 is 0. The first-order valence-electron chi connectivity index (χ1n) is 3.44. The molecule has 1 aromatic carbocycles. The second-order valence-electron chi connectivity index (χ2n) is 2.26. The first-order chi connectivity index (χ1) is 5.70. The lowest BCUT2D eigenvalue weighted by Crippen LogP contribution is -2.12. The van der Waals surface area contributed by atoms with Crippen molar-refractivity contribution in [3.05, 3.63) is 24.3 Å². The Morgan fingerprint density at radius 1 is 1.38 bits per heavy atom. The number of halogens is 1. The van der Waals surface area contributed by atoms with Crippen molar-refractivity contribution >= 4 is 24.1 Å². The molecule has 0 atom stereocenters. The van der Waals surface area contributed by atoms with Crippen molar-refractivity contribution in [2.45, 2.75) is 0 Å². The average molecular weight is 204 g/mol. The summed E-state index contributed by atoms with van der Waals surface area (Å²) in [5.41, 5.74) is 0.430. The van der Waals surface area contributed by atoms with E-state index in [2.05, 4.69) is 5.32 Å². The molecular formula is C8H10ClNO3. The molecule has 0 unspecified atom stereocenters. The van der Waals surface area contributed by atoms with E-state index in [0.717, 1.165) is 0 Å². The number of para-hydroxylation sites is 2. The van der Waals surface area contributed by atoms with Crippen LogP contribution in [-0.4, -0.2) is 22.7 Å². The predicted octanol–water partition coefficient (Wildman–Crippen LogP) is 1.31. The molecule has 0 saturated carbocycles. The normalized spacial score (nSPS) is 8.62. The lowest BCUT2D eigenvalue weighted by atomic mass is 10.3. The zero-order chi connectivity index (χ0) is 8.97. The van der Waals surface area contributed by atoms with Crippen LogP contribution in [0.3, 0.4) is 0 Å². The van der Waals surface area contributed by atoms with Gasteiger partial charge < -0.3 is 15.5 Å². The SMILES string of the molecule is Cl.O=C(O)CNc1ccccc1O. The first-order valence-corrected chi connectivity index (χ1v) is 3.44. The quantitative estimate of drug-likeness (QED) is 0.648. The highest BCUT2D eigenvalue weighted by Gasteiger charge is 2.00. The molecule has 0 aliphatic heterocycles. The van der Waals surface area contributed by atoms with Crippen molar-refractivity contribution in [3.63, 3.8) is 0 Å². The van der Waals surface area contributed by atoms with Crippen molar-refractivity contribution in [2.75, 3.05) is 11.9 Å². The molecule has 1 rings (SSSR count). The molecule has 0 aliphatic rings. The van der Waals surface area contributed by atoms with Crippen LogP contribution in [0.25, 0.3) is 0 Å². The van der Waals surface area contributed by atoms with Gasteiger partial charge in [0.15, 0.2) is 0 Å². The Labute approximate surface area is 81.6 Å². The van der Waals surface area contributed by atoms with Gasteiger partial charge in [-0.2, -0.15) is 0 Å². The number of aliphatic carboxylic acids is 1. The number of carboxylic acid groups (broad SMARTS) is 1. The molecule has 0 aromatic heterocycles. The number of phenols is 1. The Bertz CT molecular complexity index is 290. The number of carbonyl (C=O) groups is 1. The molecule has 5 heteroatoms. The molecule has 0 heterocycles. The smallest absolute Gasteiger partial charge is 0.322 e. The van der Waals surface area contributed by atoms with Crippen LogP contribution < -0.4 is 5.32 Å². The number of hydrogen-bond acceptors (Lipinski definition) is 3. The zero-order valence-corrected chi connectivity index (χ0v) is 7.54. The van der Waals surface area contributed by atoms with Crippen molar-refractivity contribution in [2.24, 2.45) is 0 Å². The number of aromatic hydroxyl groups is 1. The van der Waals surface area contributed by atoms with Crippen LogP contribution in [0.4, 0.5) is 5.69 Å². The standard InChI is InChI=1S/C8H9NO3.ClH/c10-7-4-2-1-3-6(7)9-5-8(11)12;/h1-4,9-10H,5H2,(H,11,12);1H. The molecule has 0 amide bonds. The van der Waals surface area contributed by atoms with E-state index in [1.807, 2.05) is 0 Å². The maximum Gasteiger partial charge on any atom is 0.322 e. The van der Waals surface area contributed by atoms with Gasteiger partial charge in [0.25, 0.3) is 0 Å². The van der Waals surface area contributed by atoms with Gasteiger partial charge in [-0.1, -0.05) is 12.1 Å². The number of rotatable bonds is 3. The molecule has 13 heavy (non-hydrogen) atoms. The van der Waals surface area contributed by atoms with Gasteiger partial charge in [-0.3, -0.25) is 4.79 Å². The van der Waals surface area contributed by atoms with Crippen LogP contribution in [0, 0.1) is 0 Å². The van der Waals surface area contributed by atoms with E-state index >= 15 is 0 Å². The molecule has 0 fully saturated rings. The fraction of sp³-hybridized carbons (Fsp3) is 0.125. The van der Waals surface area contributed by atoms with Crippen molar-refractivity contribution in [1.29, 1.82) is 0 Å². The van der Waals surface area contributed by atoms with Gasteiger partial charge in [0.1, 0.15) is 12.3 Å². The fourth-order valence-electron chi connectivity index (χ4n) is 0.794. The summed E-state index contributed by atoms with van der Waals surface area (Å²) in [5, 5.41) is 20.1. The number of anilines is 1. The van der Waals surface area contributed by atoms with Gasteiger partial charge in [-0.15, -0.1) is 12.4 Å². The second kappa shape index (κ2) is 5.27. The molecule has 0 radical (unpaired) electrons. The van der Waals surface area contributed by atoms with Crippen LogP contribution in [0.1, 0.15) is 0 Å². The average Bonchev–Trinajstić information content (AvgIpc) is 2.03. The number of benzene rings is 1. The number of phenolic OH excluding ortho intramolecular Hbond substituents is 1. The molecule has 0 aliphatic carbocycles. The highest BCUT2D eigenvalue weighted by molar-refractivity contribution is 5.85. The van der Waals surface area contributed by atoms with Crippen molar-refractivity contribution in [3.8, 4) is 5.75 Å². The van der Waals surface area contributed by atoms with Gasteiger partial charge in [0, 0.05) is 0 Å². The van der Waals surface area contributed by atoms with Gasteiger partial charge in [-0.25, -0.2) is 0 Å². The van der Waals surface area contributed by atoms with Crippen LogP contribution in [0.2, 0.25) is 0 Å². The topological polar surface area (TPSA) is 69.6 Å². The molecule has 72 valence electrons. The van der Waals surface area contributed by atoms with E-state index in [0.29, 0.717) is 5.69 Å². The molecule has 0 bridgehead atoms. The molecule has 0 spiro atoms. The predicted molar refractivity (Wildman–Crippen MR) is 51.5 cm³/mol. The highest BCUT2D eigenvalue weighted by atomic mass is 35.5. The maximum absolute atomic E-state index is 10.1. The summed E-state index contributed by atoms with van der Waals surface area (Å²) in [7, 11) is 0. The van der Waals surface area contributed by atoms with Crippen LogP contribution >= 0.6 is 12.4 Å². The monoisotopic (exact) mass is 203 g/mol. The molecule has 3 N–H and O–H groups in total. The first kappa shape index (κ1) is 11.6. The summed E-state index contributed by atoms with van der Waals surface area (Å²) >= 11 is 0. The van der Waals surface area contributed by atoms with Crippen LogP contribution in [-0.2, 0) is 4.79 Å². The van der Waals surface area contributed by atoms with E-state index in [4.69, 9.17) is 10.2 Å². The van der Waals surface area contributed by atoms with Gasteiger partial charge >= 0.3 is 5.97 Å². The van der Waals surface area contributed by atoms with Crippen LogP contribution in [0.15, 0.2) is 24.3 Å². The summed E-state index contributed by atoms with van der Waals surface area (Å²) in [6, 6.07) is 6.48. The summed E-state index contributed by atoms with van der Waals surface area (Å²) in [6.07, 6.45) is 0. The van der Waals surface area contributed by atoms with E-state index in [1.165, 1.54) is 6.07 Å². The van der Waals surface area contributed by atoms with E-state index < -0.39 is 5.97 Å². The van der Waals surface area contributed by atoms with Crippen molar-refractivity contribution < 1.29 is 15.0 Å². The molecule has 1 aromatic rings. The third kappa shape index (κ3) is 3.66. The lowest BCUT2D eigenvalue weighted by Gasteiger charge is -2.04. The minimum absolute atomic E-state index is 0. The zero-order valence-electron chi connectivity index (χ0n) is 6.73. The molecule has 0 saturated heterocycles. The third-order valence-electron chi connectivity index (χ3n) is 1.33. The minimum Gasteiger partial charge on any atom is -0.506 e. The fourth-order valence-corrected chi connectivity index (χ4v) is 0.794. The summed E-state index contributed by atoms with van der Waals surface area (Å²) in [6.45, 7) is -0.197. The highest BCUT2D eigenvalue weighted by Crippen LogP contribution is 2.20. The van der Waals surface area contributed by atoms with Crippen LogP contribution in [0.5, 0.6) is 5.75 Å². The van der Waals surface area contributed by atoms with E-state index in [9.17, 15) is 4.79 Å². The Balaban J connectivity index is 0.00000144. The number of carboxylic acids is 1. The van der Waals surface area contributed by atoms with Gasteiger partial charge in [-0.05, 0) is 12.1 Å². The lowest BCUT2D eigenvalue weighted by molar-refractivity contribution is -0.134. The number of hydrogen-bond donors (Lipinski definition) is 3. The summed E-state index contributed by atoms with van der Waals surface area (Å²) in [4.78, 5) is 10.1. The Hall–Kier alpha value is -1.42.